The molecule has 0 bridgehead atoms. The fraction of sp³-hybridized carbons (Fsp3) is 0.250. The average Bonchev–Trinajstić information content (AvgIpc) is 3.20. The molecular formula is C20H19N3O3. The Labute approximate surface area is 151 Å². The predicted molar refractivity (Wildman–Crippen MR) is 97.3 cm³/mol. The third-order valence-electron chi connectivity index (χ3n) is 4.71. The van der Waals surface area contributed by atoms with Crippen molar-refractivity contribution in [3.8, 4) is 0 Å². The van der Waals surface area contributed by atoms with Gasteiger partial charge in [-0.2, -0.15) is 0 Å². The number of hydrogen-bond donors (Lipinski definition) is 0. The van der Waals surface area contributed by atoms with Crippen LogP contribution >= 0.6 is 0 Å². The maximum absolute atomic E-state index is 12.6. The van der Waals surface area contributed by atoms with Crippen molar-refractivity contribution in [2.45, 2.75) is 26.3 Å². The van der Waals surface area contributed by atoms with Crippen LogP contribution in [0.1, 0.15) is 28.7 Å². The maximum atomic E-state index is 12.6. The first-order valence-electron chi connectivity index (χ1n) is 8.56. The molecule has 0 aliphatic carbocycles. The number of para-hydroxylation sites is 1. The number of anilines is 1. The van der Waals surface area contributed by atoms with Gasteiger partial charge in [0.15, 0.2) is 12.3 Å². The topological polar surface area (TPSA) is 63.9 Å². The van der Waals surface area contributed by atoms with Crippen LogP contribution in [0, 0.1) is 6.92 Å². The quantitative estimate of drug-likeness (QED) is 0.682. The van der Waals surface area contributed by atoms with Gasteiger partial charge in [-0.15, -0.1) is 0 Å². The first-order chi connectivity index (χ1) is 12.5. The van der Waals surface area contributed by atoms with Crippen molar-refractivity contribution in [3.63, 3.8) is 0 Å². The number of esters is 1. The summed E-state index contributed by atoms with van der Waals surface area (Å²) in [7, 11) is 0. The standard InChI is InChI=1S/C20H19N3O3/c1-13-6-5-9-18-21-16(11-22(13)18)20(25)26-12-19(24)23-14(2)10-15-7-3-4-8-17(15)23/h3-9,11,14H,10,12H2,1-2H3/t14-/m0/s1. The number of carbonyl (C=O) groups is 2. The summed E-state index contributed by atoms with van der Waals surface area (Å²) in [6.45, 7) is 3.62. The van der Waals surface area contributed by atoms with E-state index in [-0.39, 0.29) is 24.2 Å². The number of rotatable bonds is 3. The number of pyridine rings is 1. The van der Waals surface area contributed by atoms with E-state index in [1.54, 1.807) is 11.1 Å². The molecule has 2 aromatic heterocycles. The molecule has 6 nitrogen and oxygen atoms in total. The van der Waals surface area contributed by atoms with Crippen LogP contribution in [0.5, 0.6) is 0 Å². The zero-order valence-electron chi connectivity index (χ0n) is 14.7. The van der Waals surface area contributed by atoms with Crippen molar-refractivity contribution in [2.24, 2.45) is 0 Å². The zero-order valence-corrected chi connectivity index (χ0v) is 14.7. The maximum Gasteiger partial charge on any atom is 0.359 e. The second kappa shape index (κ2) is 6.29. The number of fused-ring (bicyclic) bond motifs is 2. The summed E-state index contributed by atoms with van der Waals surface area (Å²) in [5, 5.41) is 0. The molecule has 26 heavy (non-hydrogen) atoms. The first-order valence-corrected chi connectivity index (χ1v) is 8.56. The predicted octanol–water partition coefficient (Wildman–Crippen LogP) is 2.78. The molecule has 1 aromatic carbocycles. The van der Waals surface area contributed by atoms with Crippen LogP contribution in [-0.4, -0.2) is 33.9 Å². The largest absolute Gasteiger partial charge is 0.451 e. The van der Waals surface area contributed by atoms with Crippen LogP contribution in [-0.2, 0) is 16.0 Å². The van der Waals surface area contributed by atoms with Crippen molar-refractivity contribution < 1.29 is 14.3 Å². The highest BCUT2D eigenvalue weighted by atomic mass is 16.5. The van der Waals surface area contributed by atoms with Crippen molar-refractivity contribution in [2.75, 3.05) is 11.5 Å². The van der Waals surface area contributed by atoms with E-state index in [0.717, 1.165) is 23.4 Å². The van der Waals surface area contributed by atoms with E-state index >= 15 is 0 Å². The van der Waals surface area contributed by atoms with Crippen molar-refractivity contribution in [3.05, 3.63) is 65.6 Å². The molecule has 3 aromatic rings. The van der Waals surface area contributed by atoms with Crippen LogP contribution in [0.25, 0.3) is 5.65 Å². The van der Waals surface area contributed by atoms with Crippen molar-refractivity contribution in [1.82, 2.24) is 9.38 Å². The summed E-state index contributed by atoms with van der Waals surface area (Å²) in [6.07, 6.45) is 2.44. The molecule has 1 aliphatic heterocycles. The Balaban J connectivity index is 1.47. The van der Waals surface area contributed by atoms with Gasteiger partial charge < -0.3 is 14.0 Å². The summed E-state index contributed by atoms with van der Waals surface area (Å²) in [5.74, 6) is -0.822. The first kappa shape index (κ1) is 16.3. The molecule has 1 amide bonds. The van der Waals surface area contributed by atoms with Gasteiger partial charge in [-0.3, -0.25) is 4.79 Å². The van der Waals surface area contributed by atoms with Crippen LogP contribution < -0.4 is 4.90 Å². The van der Waals surface area contributed by atoms with E-state index in [9.17, 15) is 9.59 Å². The van der Waals surface area contributed by atoms with E-state index < -0.39 is 5.97 Å². The highest BCUT2D eigenvalue weighted by Crippen LogP contribution is 2.31. The lowest BCUT2D eigenvalue weighted by atomic mass is 10.1. The smallest absolute Gasteiger partial charge is 0.359 e. The molecule has 0 spiro atoms. The number of aromatic nitrogens is 2. The van der Waals surface area contributed by atoms with Gasteiger partial charge in [0.25, 0.3) is 5.91 Å². The SMILES string of the molecule is Cc1cccc2nc(C(=O)OCC(=O)N3c4ccccc4C[C@@H]3C)cn12. The van der Waals surface area contributed by atoms with E-state index in [4.69, 9.17) is 4.74 Å². The molecule has 4 rings (SSSR count). The fourth-order valence-electron chi connectivity index (χ4n) is 3.46. The monoisotopic (exact) mass is 349 g/mol. The van der Waals surface area contributed by atoms with Crippen LogP contribution in [0.2, 0.25) is 0 Å². The lowest BCUT2D eigenvalue weighted by molar-refractivity contribution is -0.122. The molecule has 0 unspecified atom stereocenters. The van der Waals surface area contributed by atoms with Gasteiger partial charge in [-0.1, -0.05) is 24.3 Å². The summed E-state index contributed by atoms with van der Waals surface area (Å²) in [6, 6.07) is 13.5. The number of amides is 1. The summed E-state index contributed by atoms with van der Waals surface area (Å²) < 4.78 is 7.05. The lowest BCUT2D eigenvalue weighted by Crippen LogP contribution is -2.38. The van der Waals surface area contributed by atoms with Gasteiger partial charge in [0, 0.05) is 23.6 Å². The Morgan fingerprint density at radius 3 is 2.81 bits per heavy atom. The van der Waals surface area contributed by atoms with Crippen LogP contribution in [0.4, 0.5) is 5.69 Å². The van der Waals surface area contributed by atoms with Crippen LogP contribution in [0.15, 0.2) is 48.7 Å². The van der Waals surface area contributed by atoms with Crippen LogP contribution in [0.3, 0.4) is 0 Å². The Hall–Kier alpha value is -3.15. The number of nitrogens with zero attached hydrogens (tertiary/aromatic N) is 3. The van der Waals surface area contributed by atoms with E-state index in [1.807, 2.05) is 60.7 Å². The van der Waals surface area contributed by atoms with Gasteiger partial charge in [-0.05, 0) is 44.0 Å². The normalized spacial score (nSPS) is 15.9. The molecule has 1 aliphatic rings. The minimum absolute atomic E-state index is 0.0523. The molecule has 132 valence electrons. The van der Waals surface area contributed by atoms with Crippen molar-refractivity contribution >= 4 is 23.2 Å². The number of benzene rings is 1. The number of ether oxygens (including phenoxy) is 1. The summed E-state index contributed by atoms with van der Waals surface area (Å²) >= 11 is 0. The molecular weight excluding hydrogens is 330 g/mol. The number of imidazole rings is 1. The second-order valence-corrected chi connectivity index (χ2v) is 6.54. The molecule has 0 radical (unpaired) electrons. The van der Waals surface area contributed by atoms with Gasteiger partial charge in [0.2, 0.25) is 0 Å². The molecule has 6 heteroatoms. The number of hydrogen-bond acceptors (Lipinski definition) is 4. The Kier molecular flexibility index (Phi) is 3.95. The van der Waals surface area contributed by atoms with E-state index in [2.05, 4.69) is 4.98 Å². The number of aryl methyl sites for hydroxylation is 1. The molecule has 0 saturated heterocycles. The van der Waals surface area contributed by atoms with Gasteiger partial charge >= 0.3 is 5.97 Å². The Morgan fingerprint density at radius 2 is 2.00 bits per heavy atom. The molecule has 0 saturated carbocycles. The minimum atomic E-state index is -0.596. The van der Waals surface area contributed by atoms with Gasteiger partial charge in [0.1, 0.15) is 5.65 Å². The molecule has 0 fully saturated rings. The molecule has 3 heterocycles. The van der Waals surface area contributed by atoms with E-state index in [1.165, 1.54) is 0 Å². The van der Waals surface area contributed by atoms with Gasteiger partial charge in [0.05, 0.1) is 0 Å². The highest BCUT2D eigenvalue weighted by molar-refractivity contribution is 5.98. The molecule has 1 atom stereocenters. The highest BCUT2D eigenvalue weighted by Gasteiger charge is 2.31. The minimum Gasteiger partial charge on any atom is -0.451 e. The average molecular weight is 349 g/mol. The van der Waals surface area contributed by atoms with Crippen molar-refractivity contribution in [1.29, 1.82) is 0 Å². The second-order valence-electron chi connectivity index (χ2n) is 6.54. The summed E-state index contributed by atoms with van der Waals surface area (Å²) in [4.78, 5) is 30.9. The zero-order chi connectivity index (χ0) is 18.3. The summed E-state index contributed by atoms with van der Waals surface area (Å²) in [5.41, 5.74) is 3.86. The Bertz CT molecular complexity index is 1010. The Morgan fingerprint density at radius 1 is 1.19 bits per heavy atom. The lowest BCUT2D eigenvalue weighted by Gasteiger charge is -2.22. The third kappa shape index (κ3) is 2.73. The third-order valence-corrected chi connectivity index (χ3v) is 4.71. The molecule has 0 N–H and O–H groups in total. The fourth-order valence-corrected chi connectivity index (χ4v) is 3.46. The van der Waals surface area contributed by atoms with Gasteiger partial charge in [-0.25, -0.2) is 9.78 Å². The van der Waals surface area contributed by atoms with E-state index in [0.29, 0.717) is 5.65 Å². The number of carbonyl (C=O) groups excluding carboxylic acids is 2.